The van der Waals surface area contributed by atoms with Gasteiger partial charge in [-0.05, 0) is 60.0 Å². The molecule has 5 heteroatoms. The Bertz CT molecular complexity index is 421. The summed E-state index contributed by atoms with van der Waals surface area (Å²) in [6, 6.07) is 0.799. The summed E-state index contributed by atoms with van der Waals surface area (Å²) < 4.78 is 2.89. The maximum atomic E-state index is 4.17. The van der Waals surface area contributed by atoms with Gasteiger partial charge in [-0.15, -0.1) is 5.10 Å². The van der Waals surface area contributed by atoms with Gasteiger partial charge in [0.25, 0.3) is 0 Å². The van der Waals surface area contributed by atoms with E-state index in [1.165, 1.54) is 37.8 Å². The van der Waals surface area contributed by atoms with E-state index < -0.39 is 0 Å². The lowest BCUT2D eigenvalue weighted by atomic mass is 9.73. The molecule has 106 valence electrons. The lowest BCUT2D eigenvalue weighted by molar-refractivity contribution is 0.233. The molecule has 2 saturated carbocycles. The van der Waals surface area contributed by atoms with Gasteiger partial charge >= 0.3 is 0 Å². The Hall–Kier alpha value is -0.420. The van der Waals surface area contributed by atoms with Crippen molar-refractivity contribution in [3.8, 4) is 0 Å². The minimum absolute atomic E-state index is 0.587. The zero-order chi connectivity index (χ0) is 13.4. The van der Waals surface area contributed by atoms with Crippen LogP contribution in [-0.2, 0) is 7.05 Å². The normalized spacial score (nSPS) is 31.6. The van der Waals surface area contributed by atoms with Crippen LogP contribution in [0.4, 0.5) is 0 Å². The van der Waals surface area contributed by atoms with Crippen molar-refractivity contribution in [1.29, 1.82) is 0 Å². The molecule has 2 fully saturated rings. The first-order valence-corrected chi connectivity index (χ1v) is 8.23. The number of rotatable bonds is 4. The Morgan fingerprint density at radius 2 is 2.11 bits per heavy atom. The molecule has 4 nitrogen and oxygen atoms in total. The van der Waals surface area contributed by atoms with Crippen molar-refractivity contribution in [2.24, 2.45) is 18.9 Å². The lowest BCUT2D eigenvalue weighted by Gasteiger charge is -2.35. The van der Waals surface area contributed by atoms with Crippen LogP contribution in [0.1, 0.15) is 50.6 Å². The van der Waals surface area contributed by atoms with Crippen molar-refractivity contribution in [2.45, 2.75) is 51.0 Å². The highest BCUT2D eigenvalue weighted by atomic mass is 79.9. The Morgan fingerprint density at radius 1 is 1.32 bits per heavy atom. The molecule has 0 aromatic carbocycles. The average Bonchev–Trinajstić information content (AvgIpc) is 3.14. The van der Waals surface area contributed by atoms with E-state index in [2.05, 4.69) is 38.5 Å². The molecule has 1 heterocycles. The van der Waals surface area contributed by atoms with Gasteiger partial charge in [0.15, 0.2) is 4.60 Å². The molecule has 19 heavy (non-hydrogen) atoms. The molecular formula is C14H23BrN4. The number of nitrogens with zero attached hydrogens (tertiary/aromatic N) is 3. The van der Waals surface area contributed by atoms with Gasteiger partial charge in [-0.1, -0.05) is 18.6 Å². The molecule has 0 radical (unpaired) electrons. The first kappa shape index (κ1) is 13.6. The van der Waals surface area contributed by atoms with Crippen LogP contribution in [-0.4, -0.2) is 27.6 Å². The fraction of sp³-hybridized carbons (Fsp3) is 0.857. The Morgan fingerprint density at radius 3 is 2.74 bits per heavy atom. The highest BCUT2D eigenvalue weighted by molar-refractivity contribution is 9.10. The van der Waals surface area contributed by atoms with E-state index in [-0.39, 0.29) is 0 Å². The Labute approximate surface area is 123 Å². The van der Waals surface area contributed by atoms with Gasteiger partial charge in [-0.3, -0.25) is 4.68 Å². The van der Waals surface area contributed by atoms with E-state index in [4.69, 9.17) is 0 Å². The number of aromatic nitrogens is 3. The van der Waals surface area contributed by atoms with Crippen LogP contribution < -0.4 is 5.32 Å². The molecule has 1 aromatic heterocycles. The summed E-state index contributed by atoms with van der Waals surface area (Å²) in [4.78, 5) is 0. The van der Waals surface area contributed by atoms with Crippen molar-refractivity contribution in [1.82, 2.24) is 20.3 Å². The minimum Gasteiger partial charge on any atom is -0.314 e. The van der Waals surface area contributed by atoms with Crippen molar-refractivity contribution in [3.05, 3.63) is 10.3 Å². The van der Waals surface area contributed by atoms with Crippen molar-refractivity contribution < 1.29 is 0 Å². The van der Waals surface area contributed by atoms with Gasteiger partial charge in [0.2, 0.25) is 0 Å². The summed E-state index contributed by atoms with van der Waals surface area (Å²) in [6.45, 7) is 3.52. The third kappa shape index (κ3) is 3.02. The molecule has 0 saturated heterocycles. The second kappa shape index (κ2) is 5.52. The summed E-state index contributed by atoms with van der Waals surface area (Å²) in [5.74, 6) is 2.12. The zero-order valence-electron chi connectivity index (χ0n) is 11.8. The van der Waals surface area contributed by atoms with E-state index in [9.17, 15) is 0 Å². The fourth-order valence-corrected chi connectivity index (χ4v) is 3.98. The topological polar surface area (TPSA) is 42.7 Å². The van der Waals surface area contributed by atoms with Gasteiger partial charge in [0.05, 0.1) is 5.69 Å². The van der Waals surface area contributed by atoms with Crippen LogP contribution in [0.15, 0.2) is 4.60 Å². The predicted octanol–water partition coefficient (Wildman–Crippen LogP) is 2.85. The molecule has 3 atom stereocenters. The summed E-state index contributed by atoms with van der Waals surface area (Å²) >= 11 is 3.58. The number of aryl methyl sites for hydroxylation is 1. The zero-order valence-corrected chi connectivity index (χ0v) is 13.4. The highest BCUT2D eigenvalue weighted by Gasteiger charge is 2.34. The smallest absolute Gasteiger partial charge is 0.151 e. The first-order valence-electron chi connectivity index (χ1n) is 7.43. The van der Waals surface area contributed by atoms with Crippen LogP contribution in [0.25, 0.3) is 0 Å². The average molecular weight is 327 g/mol. The van der Waals surface area contributed by atoms with E-state index in [0.29, 0.717) is 5.92 Å². The van der Waals surface area contributed by atoms with Crippen molar-refractivity contribution in [3.63, 3.8) is 0 Å². The second-order valence-electron chi connectivity index (χ2n) is 6.36. The van der Waals surface area contributed by atoms with Crippen molar-refractivity contribution >= 4 is 15.9 Å². The van der Waals surface area contributed by atoms with Gasteiger partial charge in [0.1, 0.15) is 0 Å². The van der Waals surface area contributed by atoms with Crippen LogP contribution in [0.2, 0.25) is 0 Å². The van der Waals surface area contributed by atoms with Gasteiger partial charge in [-0.25, -0.2) is 0 Å². The van der Waals surface area contributed by atoms with Crippen LogP contribution in [0, 0.1) is 11.8 Å². The van der Waals surface area contributed by atoms with E-state index in [1.54, 1.807) is 0 Å². The minimum atomic E-state index is 0.587. The molecular weight excluding hydrogens is 304 g/mol. The monoisotopic (exact) mass is 326 g/mol. The van der Waals surface area contributed by atoms with E-state index >= 15 is 0 Å². The molecule has 0 amide bonds. The predicted molar refractivity (Wildman–Crippen MR) is 79.0 cm³/mol. The van der Waals surface area contributed by atoms with Crippen LogP contribution in [0.5, 0.6) is 0 Å². The quantitative estimate of drug-likeness (QED) is 0.925. The summed E-state index contributed by atoms with van der Waals surface area (Å²) in [6.07, 6.45) is 6.67. The van der Waals surface area contributed by atoms with Gasteiger partial charge in [0, 0.05) is 19.0 Å². The lowest BCUT2D eigenvalue weighted by Crippen LogP contribution is -2.33. The third-order valence-corrected chi connectivity index (χ3v) is 5.24. The Balaban J connectivity index is 1.76. The fourth-order valence-electron chi connectivity index (χ4n) is 3.36. The molecule has 2 aliphatic carbocycles. The molecule has 2 aliphatic rings. The van der Waals surface area contributed by atoms with Gasteiger partial charge in [-0.2, -0.15) is 0 Å². The molecule has 0 bridgehead atoms. The third-order valence-electron chi connectivity index (χ3n) is 4.68. The maximum Gasteiger partial charge on any atom is 0.151 e. The SMILES string of the molecule is CC1CCC(CNC2CC2)C(c2c(Br)nnn2C)C1. The van der Waals surface area contributed by atoms with Crippen molar-refractivity contribution in [2.75, 3.05) is 6.54 Å². The molecule has 0 spiro atoms. The highest BCUT2D eigenvalue weighted by Crippen LogP contribution is 2.42. The number of hydrogen-bond donors (Lipinski definition) is 1. The van der Waals surface area contributed by atoms with E-state index in [0.717, 1.165) is 29.0 Å². The largest absolute Gasteiger partial charge is 0.314 e. The summed E-state index contributed by atoms with van der Waals surface area (Å²) in [5, 5.41) is 12.0. The van der Waals surface area contributed by atoms with Crippen LogP contribution in [0.3, 0.4) is 0 Å². The molecule has 3 unspecified atom stereocenters. The standard InChI is InChI=1S/C14H23BrN4/c1-9-3-4-10(8-16-11-5-6-11)12(7-9)13-14(15)17-18-19(13)2/h9-12,16H,3-8H2,1-2H3. The molecule has 1 N–H and O–H groups in total. The van der Waals surface area contributed by atoms with E-state index in [1.807, 2.05) is 11.7 Å². The Kier molecular flexibility index (Phi) is 3.94. The number of hydrogen-bond acceptors (Lipinski definition) is 3. The second-order valence-corrected chi connectivity index (χ2v) is 7.11. The maximum absolute atomic E-state index is 4.17. The first-order chi connectivity index (χ1) is 9.15. The molecule has 3 rings (SSSR count). The number of halogens is 1. The van der Waals surface area contributed by atoms with Gasteiger partial charge < -0.3 is 5.32 Å². The molecule has 0 aliphatic heterocycles. The summed E-state index contributed by atoms with van der Waals surface area (Å²) in [7, 11) is 2.01. The van der Waals surface area contributed by atoms with Crippen LogP contribution >= 0.6 is 15.9 Å². The number of nitrogens with one attached hydrogen (secondary N) is 1. The molecule has 1 aromatic rings. The summed E-state index contributed by atoms with van der Waals surface area (Å²) in [5.41, 5.74) is 1.29.